The molecule has 2 heterocycles. The van der Waals surface area contributed by atoms with Gasteiger partial charge in [-0.2, -0.15) is 0 Å². The Morgan fingerprint density at radius 2 is 1.81 bits per heavy atom. The zero-order valence-electron chi connectivity index (χ0n) is 17.6. The molecule has 0 aromatic heterocycles. The Morgan fingerprint density at radius 3 is 2.65 bits per heavy atom. The van der Waals surface area contributed by atoms with E-state index in [1.807, 2.05) is 24.3 Å². The Kier molecular flexibility index (Phi) is 5.64. The lowest BCUT2D eigenvalue weighted by Gasteiger charge is -2.43. The molecule has 4 heteroatoms. The van der Waals surface area contributed by atoms with Gasteiger partial charge < -0.3 is 9.84 Å². The Labute approximate surface area is 189 Å². The van der Waals surface area contributed by atoms with Crippen LogP contribution in [0.4, 0.5) is 0 Å². The number of hydrogen-bond acceptors (Lipinski definition) is 3. The van der Waals surface area contributed by atoms with Crippen molar-refractivity contribution in [3.63, 3.8) is 0 Å². The van der Waals surface area contributed by atoms with Crippen molar-refractivity contribution in [2.75, 3.05) is 19.6 Å². The van der Waals surface area contributed by atoms with Crippen LogP contribution in [0.15, 0.2) is 72.8 Å². The van der Waals surface area contributed by atoms with E-state index < -0.39 is 0 Å². The van der Waals surface area contributed by atoms with Crippen molar-refractivity contribution < 1.29 is 9.84 Å². The molecule has 0 aliphatic carbocycles. The van der Waals surface area contributed by atoms with Crippen LogP contribution in [-0.2, 0) is 18.3 Å². The summed E-state index contributed by atoms with van der Waals surface area (Å²) < 4.78 is 6.48. The zero-order valence-corrected chi connectivity index (χ0v) is 18.4. The smallest absolute Gasteiger partial charge is 0.124 e. The molecule has 0 spiro atoms. The standard InChI is InChI=1S/C27H28ClNO2/c28-24-9-5-4-8-21(24)13-16-29-17-15-27(14-12-20-6-2-1-3-7-20)23-18-22(30)10-11-25(23)31-26(27)19-29/h1-11,18,26,30H,12-17,19H2/t26-,27-/m0/s1. The maximum Gasteiger partial charge on any atom is 0.124 e. The highest BCUT2D eigenvalue weighted by molar-refractivity contribution is 6.31. The van der Waals surface area contributed by atoms with Crippen molar-refractivity contribution in [3.8, 4) is 11.5 Å². The van der Waals surface area contributed by atoms with Crippen molar-refractivity contribution in [2.45, 2.75) is 37.2 Å². The average molecular weight is 434 g/mol. The number of benzene rings is 3. The molecule has 2 aliphatic rings. The highest BCUT2D eigenvalue weighted by Crippen LogP contribution is 2.51. The van der Waals surface area contributed by atoms with E-state index in [4.69, 9.17) is 16.3 Å². The van der Waals surface area contributed by atoms with Crippen LogP contribution < -0.4 is 4.74 Å². The summed E-state index contributed by atoms with van der Waals surface area (Å²) in [6.07, 6.45) is 4.11. The Hall–Kier alpha value is -2.49. The van der Waals surface area contributed by atoms with Crippen molar-refractivity contribution in [1.82, 2.24) is 4.90 Å². The molecule has 31 heavy (non-hydrogen) atoms. The van der Waals surface area contributed by atoms with E-state index >= 15 is 0 Å². The zero-order chi connectivity index (χ0) is 21.3. The predicted octanol–water partition coefficient (Wildman–Crippen LogP) is 5.63. The molecule has 0 bridgehead atoms. The van der Waals surface area contributed by atoms with Crippen LogP contribution in [0.1, 0.15) is 29.5 Å². The highest BCUT2D eigenvalue weighted by atomic mass is 35.5. The number of rotatable bonds is 6. The summed E-state index contributed by atoms with van der Waals surface area (Å²) in [4.78, 5) is 2.50. The third kappa shape index (κ3) is 4.05. The largest absolute Gasteiger partial charge is 0.508 e. The average Bonchev–Trinajstić information content (AvgIpc) is 3.11. The molecule has 0 saturated carbocycles. The summed E-state index contributed by atoms with van der Waals surface area (Å²) in [6.45, 7) is 2.89. The third-order valence-corrected chi connectivity index (χ3v) is 7.41. The minimum absolute atomic E-state index is 0.0508. The minimum Gasteiger partial charge on any atom is -0.508 e. The SMILES string of the molecule is Oc1ccc2c(c1)[C@]1(CCc3ccccc3)CCN(CCc3ccccc3Cl)C[C@@H]1O2. The molecule has 3 aromatic carbocycles. The summed E-state index contributed by atoms with van der Waals surface area (Å²) in [5.41, 5.74) is 3.68. The quantitative estimate of drug-likeness (QED) is 0.547. The normalized spacial score (nSPS) is 22.5. The molecule has 3 nitrogen and oxygen atoms in total. The van der Waals surface area contributed by atoms with E-state index in [0.29, 0.717) is 5.75 Å². The summed E-state index contributed by atoms with van der Waals surface area (Å²) >= 11 is 6.36. The molecule has 0 unspecified atom stereocenters. The monoisotopic (exact) mass is 433 g/mol. The van der Waals surface area contributed by atoms with E-state index in [9.17, 15) is 5.11 Å². The van der Waals surface area contributed by atoms with Crippen LogP contribution in [0.5, 0.6) is 11.5 Å². The molecular weight excluding hydrogens is 406 g/mol. The highest BCUT2D eigenvalue weighted by Gasteiger charge is 2.51. The lowest BCUT2D eigenvalue weighted by atomic mass is 9.68. The number of halogens is 1. The predicted molar refractivity (Wildman–Crippen MR) is 125 cm³/mol. The van der Waals surface area contributed by atoms with Crippen molar-refractivity contribution >= 4 is 11.6 Å². The molecule has 0 radical (unpaired) electrons. The van der Waals surface area contributed by atoms with Crippen molar-refractivity contribution in [3.05, 3.63) is 94.5 Å². The summed E-state index contributed by atoms with van der Waals surface area (Å²) in [5, 5.41) is 11.0. The van der Waals surface area contributed by atoms with Gasteiger partial charge in [-0.25, -0.2) is 0 Å². The van der Waals surface area contributed by atoms with Crippen molar-refractivity contribution in [1.29, 1.82) is 0 Å². The number of phenolic OH excluding ortho intramolecular Hbond substituents is 1. The molecule has 1 fully saturated rings. The Bertz CT molecular complexity index is 1050. The lowest BCUT2D eigenvalue weighted by Crippen LogP contribution is -2.53. The lowest BCUT2D eigenvalue weighted by molar-refractivity contribution is 0.0388. The van der Waals surface area contributed by atoms with Gasteiger partial charge in [0, 0.05) is 29.1 Å². The molecule has 3 aromatic rings. The van der Waals surface area contributed by atoms with Crippen LogP contribution in [0.2, 0.25) is 5.02 Å². The third-order valence-electron chi connectivity index (χ3n) is 7.04. The first-order chi connectivity index (χ1) is 15.1. The second kappa shape index (κ2) is 8.57. The Morgan fingerprint density at radius 1 is 1.00 bits per heavy atom. The topological polar surface area (TPSA) is 32.7 Å². The van der Waals surface area contributed by atoms with Gasteiger partial charge in [0.15, 0.2) is 0 Å². The number of fused-ring (bicyclic) bond motifs is 3. The number of likely N-dealkylation sites (tertiary alicyclic amines) is 1. The van der Waals surface area contributed by atoms with E-state index in [2.05, 4.69) is 47.4 Å². The molecule has 0 amide bonds. The van der Waals surface area contributed by atoms with Gasteiger partial charge >= 0.3 is 0 Å². The van der Waals surface area contributed by atoms with Gasteiger partial charge in [-0.05, 0) is 67.6 Å². The molecular formula is C27H28ClNO2. The van der Waals surface area contributed by atoms with Gasteiger partial charge in [0.2, 0.25) is 0 Å². The van der Waals surface area contributed by atoms with Crippen LogP contribution in [0.3, 0.4) is 0 Å². The second-order valence-electron chi connectivity index (χ2n) is 8.82. The number of hydrogen-bond donors (Lipinski definition) is 1. The van der Waals surface area contributed by atoms with Crippen LogP contribution >= 0.6 is 11.6 Å². The Balaban J connectivity index is 1.35. The molecule has 1 N–H and O–H groups in total. The number of nitrogens with zero attached hydrogens (tertiary/aromatic N) is 1. The van der Waals surface area contributed by atoms with E-state index in [1.54, 1.807) is 6.07 Å². The fourth-order valence-electron chi connectivity index (χ4n) is 5.26. The van der Waals surface area contributed by atoms with E-state index in [0.717, 1.165) is 56.1 Å². The number of aryl methyl sites for hydroxylation is 1. The number of piperidine rings is 1. The minimum atomic E-state index is -0.0508. The van der Waals surface area contributed by atoms with Gasteiger partial charge in [0.05, 0.1) is 0 Å². The second-order valence-corrected chi connectivity index (χ2v) is 9.23. The summed E-state index contributed by atoms with van der Waals surface area (Å²) in [6, 6.07) is 24.4. The fourth-order valence-corrected chi connectivity index (χ4v) is 5.49. The number of phenols is 1. The van der Waals surface area contributed by atoms with Gasteiger partial charge in [-0.1, -0.05) is 60.1 Å². The molecule has 1 saturated heterocycles. The molecule has 2 aliphatic heterocycles. The fraction of sp³-hybridized carbons (Fsp3) is 0.333. The summed E-state index contributed by atoms with van der Waals surface area (Å²) in [5.74, 6) is 1.26. The van der Waals surface area contributed by atoms with Crippen molar-refractivity contribution in [2.24, 2.45) is 0 Å². The first kappa shape index (κ1) is 20.4. The number of ether oxygens (including phenoxy) is 1. The van der Waals surface area contributed by atoms with E-state index in [-0.39, 0.29) is 11.5 Å². The first-order valence-electron chi connectivity index (χ1n) is 11.1. The number of aromatic hydroxyl groups is 1. The maximum atomic E-state index is 10.2. The van der Waals surface area contributed by atoms with E-state index in [1.165, 1.54) is 16.7 Å². The van der Waals surface area contributed by atoms with Gasteiger partial charge in [-0.3, -0.25) is 4.90 Å². The van der Waals surface area contributed by atoms with Gasteiger partial charge in [-0.15, -0.1) is 0 Å². The van der Waals surface area contributed by atoms with Crippen LogP contribution in [-0.4, -0.2) is 35.7 Å². The maximum absolute atomic E-state index is 10.2. The molecule has 5 rings (SSSR count). The summed E-state index contributed by atoms with van der Waals surface area (Å²) in [7, 11) is 0. The molecule has 2 atom stereocenters. The first-order valence-corrected chi connectivity index (χ1v) is 11.5. The van der Waals surface area contributed by atoms with Crippen LogP contribution in [0, 0.1) is 0 Å². The molecule has 160 valence electrons. The van der Waals surface area contributed by atoms with Gasteiger partial charge in [0.25, 0.3) is 0 Å². The van der Waals surface area contributed by atoms with Crippen LogP contribution in [0.25, 0.3) is 0 Å². The van der Waals surface area contributed by atoms with Gasteiger partial charge in [0.1, 0.15) is 17.6 Å².